The second-order valence-electron chi connectivity index (χ2n) is 3.48. The highest BCUT2D eigenvalue weighted by Gasteiger charge is 2.05. The van der Waals surface area contributed by atoms with Crippen LogP contribution in [0, 0.1) is 5.82 Å². The van der Waals surface area contributed by atoms with Gasteiger partial charge in [0.2, 0.25) is 0 Å². The Morgan fingerprint density at radius 3 is 2.59 bits per heavy atom. The molecule has 0 saturated heterocycles. The molecule has 0 bridgehead atoms. The fourth-order valence-electron chi connectivity index (χ4n) is 1.39. The summed E-state index contributed by atoms with van der Waals surface area (Å²) in [5.41, 5.74) is 7.55. The largest absolute Gasteiger partial charge is 0.397 e. The molecule has 0 fully saturated rings. The number of benzene rings is 2. The molecule has 0 unspecified atom stereocenters. The second-order valence-corrected chi connectivity index (χ2v) is 4.80. The molecular formula is C12H9BrClFN2. The molecule has 2 aromatic carbocycles. The highest BCUT2D eigenvalue weighted by molar-refractivity contribution is 9.10. The van der Waals surface area contributed by atoms with Crippen LogP contribution in [0.3, 0.4) is 0 Å². The molecule has 0 aromatic heterocycles. The molecule has 2 aromatic rings. The lowest BCUT2D eigenvalue weighted by Gasteiger charge is -2.11. The van der Waals surface area contributed by atoms with Gasteiger partial charge in [0.25, 0.3) is 0 Å². The van der Waals surface area contributed by atoms with Crippen LogP contribution >= 0.6 is 27.5 Å². The van der Waals surface area contributed by atoms with Gasteiger partial charge in [0.05, 0.1) is 22.1 Å². The molecule has 2 rings (SSSR count). The second kappa shape index (κ2) is 4.94. The molecule has 0 aliphatic carbocycles. The van der Waals surface area contributed by atoms with Crippen LogP contribution in [0.2, 0.25) is 5.02 Å². The first-order valence-corrected chi connectivity index (χ1v) is 6.00. The van der Waals surface area contributed by atoms with Gasteiger partial charge in [-0.25, -0.2) is 4.39 Å². The molecule has 0 aliphatic heterocycles. The van der Waals surface area contributed by atoms with E-state index in [-0.39, 0.29) is 5.82 Å². The Labute approximate surface area is 112 Å². The minimum atomic E-state index is -0.354. The number of nitrogens with one attached hydrogen (secondary N) is 1. The molecule has 0 atom stereocenters. The van der Waals surface area contributed by atoms with E-state index in [4.69, 9.17) is 17.3 Å². The van der Waals surface area contributed by atoms with E-state index in [0.29, 0.717) is 22.1 Å². The van der Waals surface area contributed by atoms with E-state index in [1.165, 1.54) is 18.2 Å². The number of hydrogen-bond donors (Lipinski definition) is 2. The Kier molecular flexibility index (Phi) is 3.54. The Balaban J connectivity index is 2.34. The highest BCUT2D eigenvalue weighted by Crippen LogP contribution is 2.30. The third-order valence-corrected chi connectivity index (χ3v) is 3.03. The number of anilines is 3. The summed E-state index contributed by atoms with van der Waals surface area (Å²) < 4.78 is 14.0. The number of hydrogen-bond acceptors (Lipinski definition) is 2. The first kappa shape index (κ1) is 12.2. The first-order valence-electron chi connectivity index (χ1n) is 4.83. The van der Waals surface area contributed by atoms with Crippen LogP contribution in [-0.4, -0.2) is 0 Å². The smallest absolute Gasteiger partial charge is 0.125 e. The van der Waals surface area contributed by atoms with Gasteiger partial charge in [-0.15, -0.1) is 0 Å². The van der Waals surface area contributed by atoms with E-state index < -0.39 is 0 Å². The summed E-state index contributed by atoms with van der Waals surface area (Å²) in [6, 6.07) is 9.51. The Hall–Kier alpha value is -1.26. The fraction of sp³-hybridized carbons (Fsp3) is 0. The normalized spacial score (nSPS) is 10.3. The molecule has 88 valence electrons. The van der Waals surface area contributed by atoms with Crippen LogP contribution in [0.4, 0.5) is 21.5 Å². The van der Waals surface area contributed by atoms with Crippen LogP contribution in [0.25, 0.3) is 0 Å². The first-order chi connectivity index (χ1) is 8.06. The summed E-state index contributed by atoms with van der Waals surface area (Å²) >= 11 is 9.26. The van der Waals surface area contributed by atoms with E-state index >= 15 is 0 Å². The van der Waals surface area contributed by atoms with Gasteiger partial charge >= 0.3 is 0 Å². The van der Waals surface area contributed by atoms with Crippen molar-refractivity contribution in [2.24, 2.45) is 0 Å². The highest BCUT2D eigenvalue weighted by atomic mass is 79.9. The van der Waals surface area contributed by atoms with E-state index in [1.54, 1.807) is 12.1 Å². The van der Waals surface area contributed by atoms with Crippen LogP contribution in [0.15, 0.2) is 40.9 Å². The Morgan fingerprint density at radius 2 is 1.88 bits per heavy atom. The fourth-order valence-corrected chi connectivity index (χ4v) is 1.93. The topological polar surface area (TPSA) is 38.0 Å². The molecule has 0 saturated carbocycles. The van der Waals surface area contributed by atoms with Gasteiger partial charge in [-0.2, -0.15) is 0 Å². The van der Waals surface area contributed by atoms with Crippen LogP contribution in [0.5, 0.6) is 0 Å². The Morgan fingerprint density at radius 1 is 1.12 bits per heavy atom. The standard InChI is InChI=1S/C12H9BrClFN2/c13-7-1-4-11(10(16)5-7)17-12-6-8(15)2-3-9(12)14/h1-6,17H,16H2. The molecule has 5 heteroatoms. The minimum Gasteiger partial charge on any atom is -0.397 e. The molecule has 3 N–H and O–H groups in total. The van der Waals surface area contributed by atoms with Crippen molar-refractivity contribution in [2.75, 3.05) is 11.1 Å². The Bertz CT molecular complexity index is 560. The quantitative estimate of drug-likeness (QED) is 0.797. The average Bonchev–Trinajstić information content (AvgIpc) is 2.27. The van der Waals surface area contributed by atoms with Gasteiger partial charge in [0, 0.05) is 4.47 Å². The van der Waals surface area contributed by atoms with Gasteiger partial charge in [0.1, 0.15) is 5.82 Å². The number of halogens is 3. The van der Waals surface area contributed by atoms with Crippen molar-refractivity contribution < 1.29 is 4.39 Å². The van der Waals surface area contributed by atoms with Gasteiger partial charge < -0.3 is 11.1 Å². The minimum absolute atomic E-state index is 0.354. The van der Waals surface area contributed by atoms with Gasteiger partial charge in [0.15, 0.2) is 0 Å². The summed E-state index contributed by atoms with van der Waals surface area (Å²) in [6.07, 6.45) is 0. The van der Waals surface area contributed by atoms with E-state index in [0.717, 1.165) is 4.47 Å². The van der Waals surface area contributed by atoms with Crippen LogP contribution < -0.4 is 11.1 Å². The lowest BCUT2D eigenvalue weighted by atomic mass is 10.2. The van der Waals surface area contributed by atoms with E-state index in [9.17, 15) is 4.39 Å². The molecule has 0 heterocycles. The molecule has 0 radical (unpaired) electrons. The summed E-state index contributed by atoms with van der Waals surface area (Å²) in [6.45, 7) is 0. The molecule has 0 spiro atoms. The number of rotatable bonds is 2. The zero-order valence-electron chi connectivity index (χ0n) is 8.68. The predicted octanol–water partition coefficient (Wildman–Crippen LogP) is 4.57. The number of nitrogens with two attached hydrogens (primary N) is 1. The van der Waals surface area contributed by atoms with Gasteiger partial charge in [-0.1, -0.05) is 27.5 Å². The number of nitrogen functional groups attached to an aromatic ring is 1. The van der Waals surface area contributed by atoms with Crippen molar-refractivity contribution in [3.63, 3.8) is 0 Å². The molecule has 17 heavy (non-hydrogen) atoms. The summed E-state index contributed by atoms with van der Waals surface area (Å²) in [5, 5.41) is 3.43. The monoisotopic (exact) mass is 314 g/mol. The average molecular weight is 316 g/mol. The summed E-state index contributed by atoms with van der Waals surface area (Å²) in [7, 11) is 0. The van der Waals surface area contributed by atoms with Gasteiger partial charge in [-0.05, 0) is 36.4 Å². The summed E-state index contributed by atoms with van der Waals surface area (Å²) in [4.78, 5) is 0. The molecule has 0 amide bonds. The predicted molar refractivity (Wildman–Crippen MR) is 73.2 cm³/mol. The zero-order chi connectivity index (χ0) is 12.4. The van der Waals surface area contributed by atoms with Crippen molar-refractivity contribution in [3.8, 4) is 0 Å². The summed E-state index contributed by atoms with van der Waals surface area (Å²) in [5.74, 6) is -0.354. The molecular weight excluding hydrogens is 307 g/mol. The lowest BCUT2D eigenvalue weighted by molar-refractivity contribution is 0.628. The SMILES string of the molecule is Nc1cc(Br)ccc1Nc1cc(F)ccc1Cl. The van der Waals surface area contributed by atoms with E-state index in [2.05, 4.69) is 21.2 Å². The maximum absolute atomic E-state index is 13.1. The molecule has 0 aliphatic rings. The van der Waals surface area contributed by atoms with Gasteiger partial charge in [-0.3, -0.25) is 0 Å². The van der Waals surface area contributed by atoms with Crippen LogP contribution in [0.1, 0.15) is 0 Å². The van der Waals surface area contributed by atoms with Crippen molar-refractivity contribution >= 4 is 44.6 Å². The zero-order valence-corrected chi connectivity index (χ0v) is 11.0. The van der Waals surface area contributed by atoms with Crippen LogP contribution in [-0.2, 0) is 0 Å². The third-order valence-electron chi connectivity index (χ3n) is 2.21. The van der Waals surface area contributed by atoms with E-state index in [1.807, 2.05) is 6.07 Å². The van der Waals surface area contributed by atoms with Crippen molar-refractivity contribution in [1.82, 2.24) is 0 Å². The van der Waals surface area contributed by atoms with Crippen molar-refractivity contribution in [1.29, 1.82) is 0 Å². The lowest BCUT2D eigenvalue weighted by Crippen LogP contribution is -1.97. The maximum atomic E-state index is 13.1. The maximum Gasteiger partial charge on any atom is 0.125 e. The third kappa shape index (κ3) is 2.90. The molecule has 2 nitrogen and oxygen atoms in total. The van der Waals surface area contributed by atoms with Crippen molar-refractivity contribution in [3.05, 3.63) is 51.7 Å². The van der Waals surface area contributed by atoms with Crippen molar-refractivity contribution in [2.45, 2.75) is 0 Å².